The summed E-state index contributed by atoms with van der Waals surface area (Å²) in [5, 5.41) is 0. The lowest BCUT2D eigenvalue weighted by Crippen LogP contribution is -2.28. The maximum atomic E-state index is 12.7. The molecule has 0 fully saturated rings. The number of carbonyl (C=O) groups excluding carboxylic acids is 3. The van der Waals surface area contributed by atoms with Gasteiger partial charge in [0.15, 0.2) is 0 Å². The first-order valence-corrected chi connectivity index (χ1v) is 25.7. The van der Waals surface area contributed by atoms with E-state index in [1.807, 2.05) is 0 Å². The quantitative estimate of drug-likeness (QED) is 0.0343. The van der Waals surface area contributed by atoms with E-state index in [0.29, 0.717) is 37.3 Å². The minimum atomic E-state index is -0.0123. The van der Waals surface area contributed by atoms with Gasteiger partial charge in [0, 0.05) is 39.0 Å². The standard InChI is InChI=1S/C41H81NO5.C11H22O/c1-7-9-28-38(29-10-8-2)36-41(44)46-35-26-22-18-14-12-16-20-24-31-39(47-40(43)32-27-33-42(5)37(3)4)30-23-19-15-11-13-17-21-25-34-45-6;1-3-5-7-11(9-10-12)8-6-4-2/h37-39H,7-36H2,1-6H3;10-11H,3-9H2,1-2H3. The molecule has 0 N–H and O–H groups in total. The maximum Gasteiger partial charge on any atom is 0.306 e. The van der Waals surface area contributed by atoms with Crippen molar-refractivity contribution in [3.05, 3.63) is 0 Å². The van der Waals surface area contributed by atoms with E-state index < -0.39 is 0 Å². The van der Waals surface area contributed by atoms with Gasteiger partial charge in [-0.05, 0) is 97.1 Å². The molecule has 0 aromatic heterocycles. The van der Waals surface area contributed by atoms with Crippen molar-refractivity contribution in [1.82, 2.24) is 4.90 Å². The van der Waals surface area contributed by atoms with Crippen LogP contribution in [0.3, 0.4) is 0 Å². The molecule has 0 saturated heterocycles. The summed E-state index contributed by atoms with van der Waals surface area (Å²) in [5.41, 5.74) is 0. The minimum absolute atomic E-state index is 0.00865. The van der Waals surface area contributed by atoms with Gasteiger partial charge in [0.1, 0.15) is 12.4 Å². The van der Waals surface area contributed by atoms with Gasteiger partial charge >= 0.3 is 11.9 Å². The van der Waals surface area contributed by atoms with Crippen molar-refractivity contribution in [2.24, 2.45) is 11.8 Å². The first-order valence-electron chi connectivity index (χ1n) is 25.7. The third-order valence-corrected chi connectivity index (χ3v) is 12.1. The molecule has 7 nitrogen and oxygen atoms in total. The Morgan fingerprint density at radius 1 is 0.525 bits per heavy atom. The van der Waals surface area contributed by atoms with E-state index in [1.54, 1.807) is 7.11 Å². The van der Waals surface area contributed by atoms with Gasteiger partial charge < -0.3 is 23.9 Å². The third-order valence-electron chi connectivity index (χ3n) is 12.1. The largest absolute Gasteiger partial charge is 0.466 e. The summed E-state index contributed by atoms with van der Waals surface area (Å²) in [6.45, 7) is 15.6. The molecular formula is C52H103NO6. The normalized spacial score (nSPS) is 12.0. The average Bonchev–Trinajstić information content (AvgIpc) is 3.22. The summed E-state index contributed by atoms with van der Waals surface area (Å²) in [4.78, 5) is 37.6. The highest BCUT2D eigenvalue weighted by Crippen LogP contribution is 2.22. The summed E-state index contributed by atoms with van der Waals surface area (Å²) in [6, 6.07) is 0.502. The second kappa shape index (κ2) is 47.6. The Hall–Kier alpha value is -1.47. The monoisotopic (exact) mass is 838 g/mol. The number of esters is 2. The molecule has 1 unspecified atom stereocenters. The third kappa shape index (κ3) is 44.4. The molecule has 1 atom stereocenters. The summed E-state index contributed by atoms with van der Waals surface area (Å²) in [7, 11) is 3.90. The number of hydrogen-bond acceptors (Lipinski definition) is 7. The topological polar surface area (TPSA) is 82.1 Å². The molecule has 7 heteroatoms. The van der Waals surface area contributed by atoms with Crippen LogP contribution >= 0.6 is 0 Å². The molecule has 0 aliphatic heterocycles. The first-order chi connectivity index (χ1) is 28.7. The van der Waals surface area contributed by atoms with Gasteiger partial charge in [-0.2, -0.15) is 0 Å². The van der Waals surface area contributed by atoms with Crippen LogP contribution < -0.4 is 0 Å². The number of ether oxygens (including phenoxy) is 3. The molecule has 0 saturated carbocycles. The number of nitrogens with zero attached hydrogens (tertiary/aromatic N) is 1. The van der Waals surface area contributed by atoms with Crippen LogP contribution in [-0.2, 0) is 28.6 Å². The summed E-state index contributed by atoms with van der Waals surface area (Å²) < 4.78 is 16.7. The van der Waals surface area contributed by atoms with Crippen LogP contribution in [0.4, 0.5) is 0 Å². The Morgan fingerprint density at radius 3 is 1.37 bits per heavy atom. The van der Waals surface area contributed by atoms with Crippen molar-refractivity contribution in [3.63, 3.8) is 0 Å². The van der Waals surface area contributed by atoms with E-state index in [0.717, 1.165) is 83.6 Å². The van der Waals surface area contributed by atoms with Gasteiger partial charge in [0.25, 0.3) is 0 Å². The van der Waals surface area contributed by atoms with E-state index in [4.69, 9.17) is 14.2 Å². The molecule has 0 aliphatic rings. The lowest BCUT2D eigenvalue weighted by molar-refractivity contribution is -0.150. The summed E-state index contributed by atoms with van der Waals surface area (Å²) in [6.07, 6.45) is 40.1. The highest BCUT2D eigenvalue weighted by Gasteiger charge is 2.16. The van der Waals surface area contributed by atoms with Crippen molar-refractivity contribution in [3.8, 4) is 0 Å². The van der Waals surface area contributed by atoms with Crippen LogP contribution in [0.2, 0.25) is 0 Å². The Balaban J connectivity index is 0. The zero-order valence-corrected chi connectivity index (χ0v) is 40.9. The Labute approximate surface area is 368 Å². The van der Waals surface area contributed by atoms with Gasteiger partial charge in [-0.1, -0.05) is 169 Å². The number of aldehydes is 1. The SMILES string of the molecule is CCCCC(CC=O)CCCC.CCCCC(CCCC)CC(=O)OCCCCCCCCCCC(CCCCCCCCCCOC)OC(=O)CCCN(C)C(C)C. The van der Waals surface area contributed by atoms with Gasteiger partial charge in [0.2, 0.25) is 0 Å². The number of carbonyl (C=O) groups is 3. The molecule has 0 spiro atoms. The molecular weight excluding hydrogens is 735 g/mol. The van der Waals surface area contributed by atoms with Crippen molar-refractivity contribution >= 4 is 18.2 Å². The van der Waals surface area contributed by atoms with E-state index in [-0.39, 0.29) is 18.0 Å². The lowest BCUT2D eigenvalue weighted by Gasteiger charge is -2.21. The highest BCUT2D eigenvalue weighted by molar-refractivity contribution is 5.69. The van der Waals surface area contributed by atoms with Crippen LogP contribution in [0.15, 0.2) is 0 Å². The Bertz CT molecular complexity index is 865. The highest BCUT2D eigenvalue weighted by atomic mass is 16.5. The van der Waals surface area contributed by atoms with Crippen molar-refractivity contribution in [1.29, 1.82) is 0 Å². The van der Waals surface area contributed by atoms with Crippen LogP contribution in [0.5, 0.6) is 0 Å². The van der Waals surface area contributed by atoms with E-state index in [1.165, 1.54) is 141 Å². The van der Waals surface area contributed by atoms with Crippen molar-refractivity contribution in [2.75, 3.05) is 33.9 Å². The van der Waals surface area contributed by atoms with Crippen LogP contribution in [0, 0.1) is 11.8 Å². The fourth-order valence-corrected chi connectivity index (χ4v) is 7.77. The van der Waals surface area contributed by atoms with E-state index in [2.05, 4.69) is 53.5 Å². The van der Waals surface area contributed by atoms with E-state index >= 15 is 0 Å². The molecule has 0 heterocycles. The fraction of sp³-hybridized carbons (Fsp3) is 0.942. The minimum Gasteiger partial charge on any atom is -0.466 e. The first kappa shape index (κ1) is 59.6. The van der Waals surface area contributed by atoms with Gasteiger partial charge in [-0.25, -0.2) is 0 Å². The second-order valence-electron chi connectivity index (χ2n) is 18.1. The fourth-order valence-electron chi connectivity index (χ4n) is 7.77. The van der Waals surface area contributed by atoms with Crippen LogP contribution in [0.1, 0.15) is 260 Å². The number of methoxy groups -OCH3 is 1. The average molecular weight is 838 g/mol. The Kier molecular flexibility index (Phi) is 48.1. The van der Waals surface area contributed by atoms with Gasteiger partial charge in [-0.3, -0.25) is 9.59 Å². The Morgan fingerprint density at radius 2 is 0.949 bits per heavy atom. The van der Waals surface area contributed by atoms with Crippen LogP contribution in [0.25, 0.3) is 0 Å². The van der Waals surface area contributed by atoms with Crippen molar-refractivity contribution < 1.29 is 28.6 Å². The number of rotatable bonds is 44. The van der Waals surface area contributed by atoms with Crippen molar-refractivity contribution in [2.45, 2.75) is 272 Å². The predicted octanol–water partition coefficient (Wildman–Crippen LogP) is 15.2. The molecule has 0 aromatic rings. The molecule has 59 heavy (non-hydrogen) atoms. The maximum absolute atomic E-state index is 12.7. The lowest BCUT2D eigenvalue weighted by atomic mass is 9.93. The van der Waals surface area contributed by atoms with Crippen LogP contribution in [-0.4, -0.2) is 69.2 Å². The second-order valence-corrected chi connectivity index (χ2v) is 18.1. The summed E-state index contributed by atoms with van der Waals surface area (Å²) >= 11 is 0. The molecule has 0 radical (unpaired) electrons. The van der Waals surface area contributed by atoms with Gasteiger partial charge in [-0.15, -0.1) is 0 Å². The molecule has 0 aliphatic carbocycles. The molecule has 0 aromatic carbocycles. The number of unbranched alkanes of at least 4 members (excludes halogenated alkanes) is 18. The summed E-state index contributed by atoms with van der Waals surface area (Å²) in [5.74, 6) is 1.17. The zero-order valence-electron chi connectivity index (χ0n) is 40.9. The smallest absolute Gasteiger partial charge is 0.306 e. The molecule has 0 bridgehead atoms. The zero-order chi connectivity index (χ0) is 44.0. The molecule has 0 amide bonds. The molecule has 0 rings (SSSR count). The predicted molar refractivity (Wildman–Crippen MR) is 253 cm³/mol. The van der Waals surface area contributed by atoms with Gasteiger partial charge in [0.05, 0.1) is 6.61 Å². The van der Waals surface area contributed by atoms with E-state index in [9.17, 15) is 14.4 Å². The number of hydrogen-bond donors (Lipinski definition) is 0. The molecule has 352 valence electrons.